The van der Waals surface area contributed by atoms with Crippen LogP contribution in [0.1, 0.15) is 43.9 Å². The lowest BCUT2D eigenvalue weighted by atomic mass is 9.89. The van der Waals surface area contributed by atoms with Gasteiger partial charge in [-0.2, -0.15) is 0 Å². The van der Waals surface area contributed by atoms with Gasteiger partial charge in [-0.25, -0.2) is 0 Å². The summed E-state index contributed by atoms with van der Waals surface area (Å²) in [5.74, 6) is 1.42. The highest BCUT2D eigenvalue weighted by Crippen LogP contribution is 2.27. The molecule has 0 radical (unpaired) electrons. The van der Waals surface area contributed by atoms with Crippen LogP contribution in [-0.2, 0) is 0 Å². The van der Waals surface area contributed by atoms with Gasteiger partial charge in [0.2, 0.25) is 0 Å². The monoisotopic (exact) mass is 221 g/mol. The number of hydrogen-bond donors (Lipinski definition) is 1. The Morgan fingerprint density at radius 1 is 1.38 bits per heavy atom. The quantitative estimate of drug-likeness (QED) is 0.826. The molecule has 1 aromatic rings. The first-order valence-electron chi connectivity index (χ1n) is 6.00. The Kier molecular flexibility index (Phi) is 4.81. The summed E-state index contributed by atoms with van der Waals surface area (Å²) in [5, 5.41) is 0. The molecule has 0 bridgehead atoms. The minimum atomic E-state index is 0.130. The highest BCUT2D eigenvalue weighted by atomic mass is 16.5. The summed E-state index contributed by atoms with van der Waals surface area (Å²) in [6.07, 6.45) is 2.36. The smallest absolute Gasteiger partial charge is 0.119 e. The van der Waals surface area contributed by atoms with E-state index in [0.29, 0.717) is 5.92 Å². The maximum absolute atomic E-state index is 6.28. The molecule has 0 spiro atoms. The summed E-state index contributed by atoms with van der Waals surface area (Å²) >= 11 is 0. The summed E-state index contributed by atoms with van der Waals surface area (Å²) < 4.78 is 5.20. The van der Waals surface area contributed by atoms with Crippen LogP contribution < -0.4 is 10.5 Å². The number of rotatable bonds is 5. The average molecular weight is 221 g/mol. The second-order valence-corrected chi connectivity index (χ2v) is 4.51. The van der Waals surface area contributed by atoms with Gasteiger partial charge in [-0.05, 0) is 42.5 Å². The fourth-order valence-electron chi connectivity index (χ4n) is 2.09. The highest BCUT2D eigenvalue weighted by Gasteiger charge is 2.16. The van der Waals surface area contributed by atoms with Crippen LogP contribution in [0.3, 0.4) is 0 Å². The molecule has 0 aliphatic rings. The minimum absolute atomic E-state index is 0.130. The third kappa shape index (κ3) is 2.99. The second kappa shape index (κ2) is 5.90. The molecule has 1 rings (SSSR count). The zero-order valence-corrected chi connectivity index (χ0v) is 10.8. The molecule has 2 N–H and O–H groups in total. The average Bonchev–Trinajstić information content (AvgIpc) is 2.28. The van der Waals surface area contributed by atoms with Crippen LogP contribution in [-0.4, -0.2) is 7.11 Å². The van der Waals surface area contributed by atoms with E-state index < -0.39 is 0 Å². The third-order valence-corrected chi connectivity index (χ3v) is 3.19. The van der Waals surface area contributed by atoms with Crippen LogP contribution in [0.4, 0.5) is 0 Å². The SMILES string of the molecule is CCCC(C)C(N)c1ccc(OC)cc1C. The topological polar surface area (TPSA) is 35.2 Å². The summed E-state index contributed by atoms with van der Waals surface area (Å²) in [5.41, 5.74) is 8.73. The van der Waals surface area contributed by atoms with E-state index in [9.17, 15) is 0 Å². The maximum atomic E-state index is 6.28. The molecule has 2 unspecified atom stereocenters. The van der Waals surface area contributed by atoms with Gasteiger partial charge >= 0.3 is 0 Å². The van der Waals surface area contributed by atoms with Crippen molar-refractivity contribution >= 4 is 0 Å². The van der Waals surface area contributed by atoms with Gasteiger partial charge in [0.25, 0.3) is 0 Å². The summed E-state index contributed by atoms with van der Waals surface area (Å²) in [6.45, 7) is 6.51. The van der Waals surface area contributed by atoms with Gasteiger partial charge in [-0.3, -0.25) is 0 Å². The molecule has 16 heavy (non-hydrogen) atoms. The van der Waals surface area contributed by atoms with Crippen molar-refractivity contribution in [2.24, 2.45) is 11.7 Å². The van der Waals surface area contributed by atoms with E-state index in [1.807, 2.05) is 12.1 Å². The fraction of sp³-hybridized carbons (Fsp3) is 0.571. The largest absolute Gasteiger partial charge is 0.497 e. The Labute approximate surface area is 98.8 Å². The standard InChI is InChI=1S/C14H23NO/c1-5-6-10(2)14(15)13-8-7-12(16-4)9-11(13)3/h7-10,14H,5-6,15H2,1-4H3. The van der Waals surface area contributed by atoms with Gasteiger partial charge in [0.15, 0.2) is 0 Å². The van der Waals surface area contributed by atoms with E-state index >= 15 is 0 Å². The lowest BCUT2D eigenvalue weighted by Crippen LogP contribution is -2.20. The van der Waals surface area contributed by atoms with Crippen molar-refractivity contribution in [3.63, 3.8) is 0 Å². The zero-order valence-electron chi connectivity index (χ0n) is 10.8. The molecule has 0 aliphatic carbocycles. The molecular formula is C14H23NO. The minimum Gasteiger partial charge on any atom is -0.497 e. The van der Waals surface area contributed by atoms with E-state index in [-0.39, 0.29) is 6.04 Å². The van der Waals surface area contributed by atoms with Crippen molar-refractivity contribution in [3.8, 4) is 5.75 Å². The molecule has 0 aromatic heterocycles. The summed E-state index contributed by atoms with van der Waals surface area (Å²) in [7, 11) is 1.69. The van der Waals surface area contributed by atoms with Gasteiger partial charge in [-0.1, -0.05) is 26.3 Å². The number of aryl methyl sites for hydroxylation is 1. The Morgan fingerprint density at radius 2 is 2.06 bits per heavy atom. The van der Waals surface area contributed by atoms with Gasteiger partial charge in [0.05, 0.1) is 7.11 Å². The van der Waals surface area contributed by atoms with E-state index in [1.165, 1.54) is 24.0 Å². The van der Waals surface area contributed by atoms with Crippen LogP contribution in [0.2, 0.25) is 0 Å². The predicted molar refractivity (Wildman–Crippen MR) is 68.7 cm³/mol. The number of ether oxygens (including phenoxy) is 1. The van der Waals surface area contributed by atoms with Gasteiger partial charge in [0, 0.05) is 6.04 Å². The Morgan fingerprint density at radius 3 is 2.56 bits per heavy atom. The van der Waals surface area contributed by atoms with Crippen molar-refractivity contribution in [2.75, 3.05) is 7.11 Å². The molecule has 0 amide bonds. The van der Waals surface area contributed by atoms with Crippen LogP contribution in [0.5, 0.6) is 5.75 Å². The summed E-state index contributed by atoms with van der Waals surface area (Å²) in [4.78, 5) is 0. The number of benzene rings is 1. The number of nitrogens with two attached hydrogens (primary N) is 1. The van der Waals surface area contributed by atoms with E-state index in [0.717, 1.165) is 5.75 Å². The molecule has 1 aromatic carbocycles. The molecule has 2 nitrogen and oxygen atoms in total. The van der Waals surface area contributed by atoms with Crippen molar-refractivity contribution in [3.05, 3.63) is 29.3 Å². The summed E-state index contributed by atoms with van der Waals surface area (Å²) in [6, 6.07) is 6.26. The van der Waals surface area contributed by atoms with E-state index in [4.69, 9.17) is 10.5 Å². The molecule has 0 aliphatic heterocycles. The van der Waals surface area contributed by atoms with Crippen LogP contribution in [0.15, 0.2) is 18.2 Å². The predicted octanol–water partition coefficient (Wildman–Crippen LogP) is 3.44. The number of hydrogen-bond acceptors (Lipinski definition) is 2. The fourth-order valence-corrected chi connectivity index (χ4v) is 2.09. The second-order valence-electron chi connectivity index (χ2n) is 4.51. The van der Waals surface area contributed by atoms with Crippen LogP contribution >= 0.6 is 0 Å². The lowest BCUT2D eigenvalue weighted by Gasteiger charge is -2.21. The van der Waals surface area contributed by atoms with Gasteiger partial charge < -0.3 is 10.5 Å². The molecule has 2 heteroatoms. The maximum Gasteiger partial charge on any atom is 0.119 e. The molecule has 0 saturated carbocycles. The van der Waals surface area contributed by atoms with Crippen molar-refractivity contribution in [2.45, 2.75) is 39.7 Å². The number of methoxy groups -OCH3 is 1. The first kappa shape index (κ1) is 13.0. The zero-order chi connectivity index (χ0) is 12.1. The molecule has 0 heterocycles. The molecule has 2 atom stereocenters. The van der Waals surface area contributed by atoms with Crippen molar-refractivity contribution in [1.29, 1.82) is 0 Å². The van der Waals surface area contributed by atoms with Crippen molar-refractivity contribution < 1.29 is 4.74 Å². The normalized spacial score (nSPS) is 14.6. The third-order valence-electron chi connectivity index (χ3n) is 3.19. The van der Waals surface area contributed by atoms with Gasteiger partial charge in [-0.15, -0.1) is 0 Å². The Balaban J connectivity index is 2.87. The molecule has 0 saturated heterocycles. The first-order valence-corrected chi connectivity index (χ1v) is 6.00. The van der Waals surface area contributed by atoms with Crippen LogP contribution in [0.25, 0.3) is 0 Å². The Bertz CT molecular complexity index is 336. The van der Waals surface area contributed by atoms with Gasteiger partial charge in [0.1, 0.15) is 5.75 Å². The van der Waals surface area contributed by atoms with E-state index in [2.05, 4.69) is 26.8 Å². The van der Waals surface area contributed by atoms with E-state index in [1.54, 1.807) is 7.11 Å². The molecule has 0 fully saturated rings. The lowest BCUT2D eigenvalue weighted by molar-refractivity contribution is 0.411. The molecular weight excluding hydrogens is 198 g/mol. The van der Waals surface area contributed by atoms with Crippen LogP contribution in [0, 0.1) is 12.8 Å². The molecule has 90 valence electrons. The highest BCUT2D eigenvalue weighted by molar-refractivity contribution is 5.36. The van der Waals surface area contributed by atoms with Crippen molar-refractivity contribution in [1.82, 2.24) is 0 Å². The first-order chi connectivity index (χ1) is 7.60. The Hall–Kier alpha value is -1.02.